The van der Waals surface area contributed by atoms with Crippen molar-refractivity contribution in [3.63, 3.8) is 0 Å². The Hall–Kier alpha value is -1.09. The average molecular weight is 252 g/mol. The summed E-state index contributed by atoms with van der Waals surface area (Å²) in [5, 5.41) is 1.15. The number of fused-ring (bicyclic) bond motifs is 1. The van der Waals surface area contributed by atoms with Crippen LogP contribution in [0, 0.1) is 6.92 Å². The summed E-state index contributed by atoms with van der Waals surface area (Å²) in [6, 6.07) is 7.91. The van der Waals surface area contributed by atoms with Gasteiger partial charge in [-0.1, -0.05) is 22.0 Å². The summed E-state index contributed by atoms with van der Waals surface area (Å²) in [6.07, 6.45) is 0. The fraction of sp³-hybridized carbons (Fsp3) is 0.182. The second kappa shape index (κ2) is 3.58. The van der Waals surface area contributed by atoms with E-state index in [2.05, 4.69) is 27.8 Å². The van der Waals surface area contributed by atoms with E-state index in [1.807, 2.05) is 24.3 Å². The van der Waals surface area contributed by atoms with Gasteiger partial charge in [-0.3, -0.25) is 0 Å². The molecule has 0 saturated heterocycles. The first-order chi connectivity index (χ1) is 6.72. The fourth-order valence-electron chi connectivity index (χ4n) is 1.51. The molecule has 2 nitrogen and oxygen atoms in total. The largest absolute Gasteiger partial charge is 0.481 e. The van der Waals surface area contributed by atoms with Crippen molar-refractivity contribution in [2.45, 2.75) is 6.92 Å². The normalized spacial score (nSPS) is 10.5. The first kappa shape index (κ1) is 9.46. The highest BCUT2D eigenvalue weighted by atomic mass is 79.9. The van der Waals surface area contributed by atoms with E-state index < -0.39 is 0 Å². The van der Waals surface area contributed by atoms with Crippen LogP contribution in [0.3, 0.4) is 0 Å². The van der Waals surface area contributed by atoms with Gasteiger partial charge in [-0.2, -0.15) is 0 Å². The number of rotatable bonds is 1. The van der Waals surface area contributed by atoms with E-state index in [0.29, 0.717) is 5.88 Å². The van der Waals surface area contributed by atoms with Crippen LogP contribution in [0.1, 0.15) is 5.56 Å². The summed E-state index contributed by atoms with van der Waals surface area (Å²) in [4.78, 5) is 4.36. The molecule has 3 heteroatoms. The van der Waals surface area contributed by atoms with Crippen molar-refractivity contribution < 1.29 is 4.74 Å². The minimum atomic E-state index is 0.660. The van der Waals surface area contributed by atoms with Crippen molar-refractivity contribution in [2.24, 2.45) is 0 Å². The molecule has 0 fully saturated rings. The average Bonchev–Trinajstić information content (AvgIpc) is 2.17. The standard InChI is InChI=1S/C11H10BrNO/c1-7-6-10(14-2)13-9-5-3-4-8(12)11(7)9/h3-6H,1-2H3. The molecule has 0 atom stereocenters. The zero-order valence-electron chi connectivity index (χ0n) is 8.04. The van der Waals surface area contributed by atoms with Crippen molar-refractivity contribution in [3.05, 3.63) is 34.3 Å². The number of nitrogens with zero attached hydrogens (tertiary/aromatic N) is 1. The summed E-state index contributed by atoms with van der Waals surface area (Å²) in [5.74, 6) is 0.660. The molecular weight excluding hydrogens is 242 g/mol. The third-order valence-electron chi connectivity index (χ3n) is 2.17. The van der Waals surface area contributed by atoms with Gasteiger partial charge in [0, 0.05) is 15.9 Å². The van der Waals surface area contributed by atoms with E-state index in [0.717, 1.165) is 15.4 Å². The van der Waals surface area contributed by atoms with Crippen LogP contribution in [-0.4, -0.2) is 12.1 Å². The van der Waals surface area contributed by atoms with Gasteiger partial charge in [0.05, 0.1) is 12.6 Å². The van der Waals surface area contributed by atoms with E-state index in [4.69, 9.17) is 4.74 Å². The predicted octanol–water partition coefficient (Wildman–Crippen LogP) is 3.31. The number of benzene rings is 1. The number of pyridine rings is 1. The Kier molecular flexibility index (Phi) is 2.42. The Morgan fingerprint density at radius 3 is 2.86 bits per heavy atom. The number of hydrogen-bond donors (Lipinski definition) is 0. The van der Waals surface area contributed by atoms with Crippen LogP contribution in [0.4, 0.5) is 0 Å². The van der Waals surface area contributed by atoms with Gasteiger partial charge in [-0.15, -0.1) is 0 Å². The Morgan fingerprint density at radius 2 is 2.14 bits per heavy atom. The Labute approximate surface area is 91.0 Å². The van der Waals surface area contributed by atoms with Crippen LogP contribution in [0.2, 0.25) is 0 Å². The van der Waals surface area contributed by atoms with Crippen molar-refractivity contribution in [1.82, 2.24) is 4.98 Å². The van der Waals surface area contributed by atoms with Crippen LogP contribution in [0.5, 0.6) is 5.88 Å². The SMILES string of the molecule is COc1cc(C)c2c(Br)cccc2n1. The zero-order valence-corrected chi connectivity index (χ0v) is 9.63. The summed E-state index contributed by atoms with van der Waals surface area (Å²) in [7, 11) is 1.63. The molecule has 0 aliphatic rings. The topological polar surface area (TPSA) is 22.1 Å². The Bertz CT molecular complexity index is 482. The third kappa shape index (κ3) is 1.48. The minimum absolute atomic E-state index is 0.660. The number of aromatic nitrogens is 1. The summed E-state index contributed by atoms with van der Waals surface area (Å²) in [6.45, 7) is 2.05. The molecule has 0 amide bonds. The lowest BCUT2D eigenvalue weighted by Crippen LogP contribution is -1.90. The molecule has 0 bridgehead atoms. The third-order valence-corrected chi connectivity index (χ3v) is 2.83. The second-order valence-corrected chi connectivity index (χ2v) is 3.97. The van der Waals surface area contributed by atoms with Crippen LogP contribution < -0.4 is 4.74 Å². The number of hydrogen-bond acceptors (Lipinski definition) is 2. The number of halogens is 1. The number of ether oxygens (including phenoxy) is 1. The first-order valence-corrected chi connectivity index (χ1v) is 5.11. The summed E-state index contributed by atoms with van der Waals surface area (Å²) >= 11 is 3.51. The van der Waals surface area contributed by atoms with Gasteiger partial charge in [0.25, 0.3) is 0 Å². The molecule has 1 aromatic heterocycles. The molecule has 0 unspecified atom stereocenters. The highest BCUT2D eigenvalue weighted by Gasteiger charge is 2.05. The Balaban J connectivity index is 2.83. The molecule has 72 valence electrons. The molecule has 2 aromatic rings. The first-order valence-electron chi connectivity index (χ1n) is 4.32. The van der Waals surface area contributed by atoms with Crippen molar-refractivity contribution in [2.75, 3.05) is 7.11 Å². The monoisotopic (exact) mass is 251 g/mol. The van der Waals surface area contributed by atoms with E-state index in [1.54, 1.807) is 7.11 Å². The second-order valence-electron chi connectivity index (χ2n) is 3.12. The molecule has 0 aliphatic carbocycles. The molecule has 0 aliphatic heterocycles. The highest BCUT2D eigenvalue weighted by Crippen LogP contribution is 2.27. The summed E-state index contributed by atoms with van der Waals surface area (Å²) in [5.41, 5.74) is 2.12. The lowest BCUT2D eigenvalue weighted by atomic mass is 10.1. The van der Waals surface area contributed by atoms with Crippen LogP contribution in [0.15, 0.2) is 28.7 Å². The van der Waals surface area contributed by atoms with E-state index in [-0.39, 0.29) is 0 Å². The van der Waals surface area contributed by atoms with E-state index in [1.165, 1.54) is 5.56 Å². The summed E-state index contributed by atoms with van der Waals surface area (Å²) < 4.78 is 6.19. The quantitative estimate of drug-likeness (QED) is 0.776. The smallest absolute Gasteiger partial charge is 0.213 e. The zero-order chi connectivity index (χ0) is 10.1. The molecule has 0 spiro atoms. The van der Waals surface area contributed by atoms with E-state index in [9.17, 15) is 0 Å². The predicted molar refractivity (Wildman–Crippen MR) is 60.7 cm³/mol. The van der Waals surface area contributed by atoms with Gasteiger partial charge in [-0.25, -0.2) is 4.98 Å². The molecule has 0 N–H and O–H groups in total. The maximum absolute atomic E-state index is 5.12. The molecule has 14 heavy (non-hydrogen) atoms. The fourth-order valence-corrected chi connectivity index (χ4v) is 2.18. The van der Waals surface area contributed by atoms with Crippen LogP contribution in [-0.2, 0) is 0 Å². The minimum Gasteiger partial charge on any atom is -0.481 e. The molecule has 0 saturated carbocycles. The van der Waals surface area contributed by atoms with Gasteiger partial charge < -0.3 is 4.74 Å². The number of aryl methyl sites for hydroxylation is 1. The van der Waals surface area contributed by atoms with Crippen LogP contribution in [0.25, 0.3) is 10.9 Å². The molecular formula is C11H10BrNO. The van der Waals surface area contributed by atoms with Crippen molar-refractivity contribution in [1.29, 1.82) is 0 Å². The van der Waals surface area contributed by atoms with Gasteiger partial charge in [0.15, 0.2) is 0 Å². The lowest BCUT2D eigenvalue weighted by Gasteiger charge is -2.06. The maximum Gasteiger partial charge on any atom is 0.213 e. The van der Waals surface area contributed by atoms with Gasteiger partial charge in [0.2, 0.25) is 5.88 Å². The van der Waals surface area contributed by atoms with Crippen LogP contribution >= 0.6 is 15.9 Å². The lowest BCUT2D eigenvalue weighted by molar-refractivity contribution is 0.399. The maximum atomic E-state index is 5.12. The van der Waals surface area contributed by atoms with Gasteiger partial charge in [-0.05, 0) is 24.6 Å². The number of methoxy groups -OCH3 is 1. The molecule has 1 heterocycles. The van der Waals surface area contributed by atoms with Gasteiger partial charge in [0.1, 0.15) is 0 Å². The van der Waals surface area contributed by atoms with Crippen molar-refractivity contribution in [3.8, 4) is 5.88 Å². The molecule has 2 rings (SSSR count). The Morgan fingerprint density at radius 1 is 1.36 bits per heavy atom. The molecule has 1 aromatic carbocycles. The van der Waals surface area contributed by atoms with Crippen molar-refractivity contribution >= 4 is 26.8 Å². The highest BCUT2D eigenvalue weighted by molar-refractivity contribution is 9.10. The van der Waals surface area contributed by atoms with Gasteiger partial charge >= 0.3 is 0 Å². The van der Waals surface area contributed by atoms with E-state index >= 15 is 0 Å². The molecule has 0 radical (unpaired) electrons.